The van der Waals surface area contributed by atoms with Gasteiger partial charge in [0.05, 0.1) is 36.5 Å². The Labute approximate surface area is 185 Å². The van der Waals surface area contributed by atoms with Crippen LogP contribution >= 0.6 is 0 Å². The summed E-state index contributed by atoms with van der Waals surface area (Å²) in [5, 5.41) is 18.0. The van der Waals surface area contributed by atoms with E-state index in [0.717, 1.165) is 0 Å². The predicted octanol–water partition coefficient (Wildman–Crippen LogP) is 3.90. The minimum absolute atomic E-state index is 0.190. The average molecular weight is 426 g/mol. The molecule has 0 fully saturated rings. The van der Waals surface area contributed by atoms with Gasteiger partial charge < -0.3 is 19.7 Å². The van der Waals surface area contributed by atoms with Gasteiger partial charge in [-0.25, -0.2) is 9.59 Å². The predicted molar refractivity (Wildman–Crippen MR) is 118 cm³/mol. The summed E-state index contributed by atoms with van der Waals surface area (Å²) in [5.74, 6) is 11.0. The van der Waals surface area contributed by atoms with E-state index in [9.17, 15) is 9.59 Å². The smallest absolute Gasteiger partial charge is 0.335 e. The lowest BCUT2D eigenvalue weighted by atomic mass is 10.1. The Balaban J connectivity index is 1.92. The fraction of sp³-hybridized carbons (Fsp3) is 0.0769. The van der Waals surface area contributed by atoms with Gasteiger partial charge >= 0.3 is 11.9 Å². The first-order valence-corrected chi connectivity index (χ1v) is 9.38. The maximum atomic E-state index is 11.0. The summed E-state index contributed by atoms with van der Waals surface area (Å²) in [5.41, 5.74) is 2.87. The van der Waals surface area contributed by atoms with Gasteiger partial charge in [-0.15, -0.1) is 0 Å². The van der Waals surface area contributed by atoms with Gasteiger partial charge in [0.1, 0.15) is 11.5 Å². The van der Waals surface area contributed by atoms with Crippen LogP contribution in [0, 0.1) is 23.7 Å². The van der Waals surface area contributed by atoms with Crippen molar-refractivity contribution in [2.75, 3.05) is 14.2 Å². The quantitative estimate of drug-likeness (QED) is 0.615. The van der Waals surface area contributed by atoms with Crippen molar-refractivity contribution in [1.29, 1.82) is 0 Å². The molecular formula is C26H18O6. The van der Waals surface area contributed by atoms with E-state index < -0.39 is 11.9 Å². The van der Waals surface area contributed by atoms with E-state index in [-0.39, 0.29) is 11.1 Å². The van der Waals surface area contributed by atoms with Gasteiger partial charge in [0, 0.05) is 23.3 Å². The van der Waals surface area contributed by atoms with Crippen LogP contribution in [0.15, 0.2) is 60.7 Å². The molecule has 6 nitrogen and oxygen atoms in total. The van der Waals surface area contributed by atoms with Crippen molar-refractivity contribution in [3.63, 3.8) is 0 Å². The highest BCUT2D eigenvalue weighted by Gasteiger charge is 2.09. The summed E-state index contributed by atoms with van der Waals surface area (Å²) in [6.07, 6.45) is 0. The number of aromatic carboxylic acids is 2. The van der Waals surface area contributed by atoms with Crippen molar-refractivity contribution in [2.45, 2.75) is 0 Å². The van der Waals surface area contributed by atoms with E-state index in [4.69, 9.17) is 19.7 Å². The van der Waals surface area contributed by atoms with Crippen LogP contribution in [0.1, 0.15) is 43.0 Å². The second-order valence-corrected chi connectivity index (χ2v) is 6.52. The maximum absolute atomic E-state index is 11.0. The van der Waals surface area contributed by atoms with Gasteiger partial charge in [-0.2, -0.15) is 0 Å². The van der Waals surface area contributed by atoms with Crippen LogP contribution in [0.2, 0.25) is 0 Å². The van der Waals surface area contributed by atoms with Gasteiger partial charge in [0.2, 0.25) is 0 Å². The number of carboxylic acids is 2. The van der Waals surface area contributed by atoms with Crippen LogP contribution in [0.5, 0.6) is 11.5 Å². The summed E-state index contributed by atoms with van der Waals surface area (Å²) in [6.45, 7) is 0. The zero-order chi connectivity index (χ0) is 23.1. The molecule has 0 atom stereocenters. The van der Waals surface area contributed by atoms with Crippen molar-refractivity contribution < 1.29 is 29.3 Å². The third kappa shape index (κ3) is 5.27. The Morgan fingerprint density at radius 2 is 0.969 bits per heavy atom. The molecule has 0 bridgehead atoms. The van der Waals surface area contributed by atoms with E-state index in [1.165, 1.54) is 38.5 Å². The largest absolute Gasteiger partial charge is 0.495 e. The molecule has 32 heavy (non-hydrogen) atoms. The van der Waals surface area contributed by atoms with E-state index >= 15 is 0 Å². The van der Waals surface area contributed by atoms with Crippen molar-refractivity contribution in [1.82, 2.24) is 0 Å². The maximum Gasteiger partial charge on any atom is 0.335 e. The minimum atomic E-state index is -0.995. The van der Waals surface area contributed by atoms with Crippen molar-refractivity contribution >= 4 is 11.9 Å². The molecule has 0 saturated carbocycles. The Hall–Kier alpha value is -4.68. The molecule has 0 radical (unpaired) electrons. The second kappa shape index (κ2) is 9.88. The molecule has 0 saturated heterocycles. The van der Waals surface area contributed by atoms with Gasteiger partial charge in [0.15, 0.2) is 0 Å². The molecule has 0 aliphatic heterocycles. The number of ether oxygens (including phenoxy) is 2. The van der Waals surface area contributed by atoms with Crippen LogP contribution in [0.4, 0.5) is 0 Å². The Morgan fingerprint density at radius 1 is 0.625 bits per heavy atom. The number of carbonyl (C=O) groups is 2. The summed E-state index contributed by atoms with van der Waals surface area (Å²) in [4.78, 5) is 21.9. The third-order valence-corrected chi connectivity index (χ3v) is 4.47. The monoisotopic (exact) mass is 426 g/mol. The minimum Gasteiger partial charge on any atom is -0.495 e. The normalized spacial score (nSPS) is 9.56. The van der Waals surface area contributed by atoms with Crippen LogP contribution in [-0.2, 0) is 0 Å². The summed E-state index contributed by atoms with van der Waals surface area (Å²) in [6, 6.07) is 15.9. The number of hydrogen-bond acceptors (Lipinski definition) is 4. The van der Waals surface area contributed by atoms with E-state index in [2.05, 4.69) is 23.7 Å². The molecule has 0 spiro atoms. The van der Waals surface area contributed by atoms with Crippen molar-refractivity contribution in [3.05, 3.63) is 94.0 Å². The SMILES string of the molecule is COc1cc(C#Cc2ccc(C(=O)O)cc2)c(OC)cc1C#Cc1ccc(C(=O)O)cc1. The molecule has 0 aliphatic carbocycles. The summed E-state index contributed by atoms with van der Waals surface area (Å²) in [7, 11) is 3.05. The zero-order valence-corrected chi connectivity index (χ0v) is 17.3. The number of rotatable bonds is 4. The fourth-order valence-corrected chi connectivity index (χ4v) is 2.76. The molecular weight excluding hydrogens is 408 g/mol. The van der Waals surface area contributed by atoms with Crippen LogP contribution in [0.25, 0.3) is 0 Å². The summed E-state index contributed by atoms with van der Waals surface area (Å²) < 4.78 is 10.9. The number of carboxylic acid groups (broad SMARTS) is 2. The third-order valence-electron chi connectivity index (χ3n) is 4.47. The number of benzene rings is 3. The second-order valence-electron chi connectivity index (χ2n) is 6.52. The van der Waals surface area contributed by atoms with Gasteiger partial charge in [-0.3, -0.25) is 0 Å². The van der Waals surface area contributed by atoms with Gasteiger partial charge in [0.25, 0.3) is 0 Å². The average Bonchev–Trinajstić information content (AvgIpc) is 2.81. The van der Waals surface area contributed by atoms with Crippen LogP contribution in [0.3, 0.4) is 0 Å². The lowest BCUT2D eigenvalue weighted by molar-refractivity contribution is 0.0686. The Morgan fingerprint density at radius 3 is 1.25 bits per heavy atom. The number of hydrogen-bond donors (Lipinski definition) is 2. The molecule has 0 amide bonds. The molecule has 0 aliphatic rings. The standard InChI is InChI=1S/C26H18O6/c1-31-23-15-22(14-8-18-5-11-20(12-6-18)26(29)30)24(32-2)16-21(23)13-7-17-3-9-19(10-4-17)25(27)28/h3-6,9-12,15-16H,1-2H3,(H,27,28)(H,29,30). The first-order chi connectivity index (χ1) is 15.4. The van der Waals surface area contributed by atoms with Crippen molar-refractivity contribution in [2.24, 2.45) is 0 Å². The van der Waals surface area contributed by atoms with Crippen LogP contribution in [-0.4, -0.2) is 36.4 Å². The fourth-order valence-electron chi connectivity index (χ4n) is 2.76. The van der Waals surface area contributed by atoms with E-state index in [1.54, 1.807) is 36.4 Å². The molecule has 158 valence electrons. The van der Waals surface area contributed by atoms with Gasteiger partial charge in [-0.1, -0.05) is 23.7 Å². The molecule has 2 N–H and O–H groups in total. The number of methoxy groups -OCH3 is 2. The van der Waals surface area contributed by atoms with Crippen molar-refractivity contribution in [3.8, 4) is 35.2 Å². The molecule has 6 heteroatoms. The zero-order valence-electron chi connectivity index (χ0n) is 17.3. The first kappa shape index (κ1) is 22.0. The topological polar surface area (TPSA) is 93.1 Å². The van der Waals surface area contributed by atoms with E-state index in [1.807, 2.05) is 0 Å². The highest BCUT2D eigenvalue weighted by Crippen LogP contribution is 2.28. The molecule has 3 aromatic carbocycles. The highest BCUT2D eigenvalue weighted by atomic mass is 16.5. The van der Waals surface area contributed by atoms with Crippen LogP contribution < -0.4 is 9.47 Å². The lowest BCUT2D eigenvalue weighted by Crippen LogP contribution is -1.95. The highest BCUT2D eigenvalue weighted by molar-refractivity contribution is 5.88. The lowest BCUT2D eigenvalue weighted by Gasteiger charge is -2.09. The molecule has 3 aromatic rings. The Kier molecular flexibility index (Phi) is 6.80. The molecule has 3 rings (SSSR count). The first-order valence-electron chi connectivity index (χ1n) is 9.38. The Bertz CT molecular complexity index is 1180. The summed E-state index contributed by atoms with van der Waals surface area (Å²) >= 11 is 0. The van der Waals surface area contributed by atoms with Gasteiger partial charge in [-0.05, 0) is 48.5 Å². The molecule has 0 unspecified atom stereocenters. The molecule has 0 heterocycles. The van der Waals surface area contributed by atoms with E-state index in [0.29, 0.717) is 33.8 Å². The molecule has 0 aromatic heterocycles.